The maximum Gasteiger partial charge on any atom is 0.133 e. The van der Waals surface area contributed by atoms with Crippen LogP contribution in [0.5, 0.6) is 0 Å². The van der Waals surface area contributed by atoms with Crippen LogP contribution in [0.2, 0.25) is 0 Å². The lowest BCUT2D eigenvalue weighted by Crippen LogP contribution is -2.47. The zero-order valence-corrected chi connectivity index (χ0v) is 12.7. The summed E-state index contributed by atoms with van der Waals surface area (Å²) < 4.78 is 0. The molecule has 0 atom stereocenters. The van der Waals surface area contributed by atoms with E-state index in [2.05, 4.69) is 40.0 Å². The fourth-order valence-electron chi connectivity index (χ4n) is 2.91. The van der Waals surface area contributed by atoms with Gasteiger partial charge in [0.05, 0.1) is 0 Å². The van der Waals surface area contributed by atoms with Crippen molar-refractivity contribution in [2.75, 3.05) is 31.1 Å². The second-order valence-corrected chi connectivity index (χ2v) is 6.28. The fraction of sp³-hybridized carbons (Fsp3) is 0.688. The standard InChI is InChI=1S/C16H26N4/c1-13(2)18-12-14-4-3-7-17-16(14)20-10-8-19(9-11-20)15-5-6-15/h3-4,7,13,15,18H,5-6,8-12H2,1-2H3. The van der Waals surface area contributed by atoms with E-state index < -0.39 is 0 Å². The summed E-state index contributed by atoms with van der Waals surface area (Å²) >= 11 is 0. The molecule has 0 spiro atoms. The van der Waals surface area contributed by atoms with Gasteiger partial charge in [0.25, 0.3) is 0 Å². The number of rotatable bonds is 5. The van der Waals surface area contributed by atoms with Gasteiger partial charge in [-0.2, -0.15) is 0 Å². The first-order chi connectivity index (χ1) is 9.74. The normalized spacial score (nSPS) is 20.6. The van der Waals surface area contributed by atoms with Gasteiger partial charge in [0.2, 0.25) is 0 Å². The summed E-state index contributed by atoms with van der Waals surface area (Å²) in [6.07, 6.45) is 4.74. The average Bonchev–Trinajstić information content (AvgIpc) is 3.30. The van der Waals surface area contributed by atoms with E-state index in [1.54, 1.807) is 0 Å². The van der Waals surface area contributed by atoms with Crippen molar-refractivity contribution in [2.45, 2.75) is 45.3 Å². The first-order valence-corrected chi connectivity index (χ1v) is 7.90. The van der Waals surface area contributed by atoms with E-state index in [0.717, 1.165) is 25.7 Å². The molecule has 0 radical (unpaired) electrons. The molecule has 2 heterocycles. The highest BCUT2D eigenvalue weighted by atomic mass is 15.3. The quantitative estimate of drug-likeness (QED) is 0.888. The summed E-state index contributed by atoms with van der Waals surface area (Å²) in [5, 5.41) is 3.50. The van der Waals surface area contributed by atoms with Crippen LogP contribution in [0.25, 0.3) is 0 Å². The molecular formula is C16H26N4. The van der Waals surface area contributed by atoms with Crippen molar-refractivity contribution in [3.63, 3.8) is 0 Å². The van der Waals surface area contributed by atoms with Crippen LogP contribution in [0.4, 0.5) is 5.82 Å². The van der Waals surface area contributed by atoms with Gasteiger partial charge in [-0.1, -0.05) is 19.9 Å². The molecule has 4 heteroatoms. The summed E-state index contributed by atoms with van der Waals surface area (Å²) in [4.78, 5) is 9.73. The maximum absolute atomic E-state index is 4.63. The van der Waals surface area contributed by atoms with Crippen LogP contribution in [0.1, 0.15) is 32.3 Å². The lowest BCUT2D eigenvalue weighted by atomic mass is 10.2. The predicted molar refractivity (Wildman–Crippen MR) is 83.0 cm³/mol. The zero-order chi connectivity index (χ0) is 13.9. The van der Waals surface area contributed by atoms with Crippen LogP contribution >= 0.6 is 0 Å². The molecule has 0 unspecified atom stereocenters. The van der Waals surface area contributed by atoms with Gasteiger partial charge in [-0.3, -0.25) is 4.90 Å². The molecule has 4 nitrogen and oxygen atoms in total. The van der Waals surface area contributed by atoms with E-state index >= 15 is 0 Å². The highest BCUT2D eigenvalue weighted by molar-refractivity contribution is 5.47. The monoisotopic (exact) mass is 274 g/mol. The number of hydrogen-bond donors (Lipinski definition) is 1. The van der Waals surface area contributed by atoms with Gasteiger partial charge in [-0.15, -0.1) is 0 Å². The lowest BCUT2D eigenvalue weighted by Gasteiger charge is -2.36. The molecule has 110 valence electrons. The third-order valence-corrected chi connectivity index (χ3v) is 4.25. The Morgan fingerprint density at radius 3 is 2.65 bits per heavy atom. The Morgan fingerprint density at radius 1 is 1.25 bits per heavy atom. The Bertz CT molecular complexity index is 434. The molecule has 1 aromatic rings. The number of anilines is 1. The number of hydrogen-bond acceptors (Lipinski definition) is 4. The Hall–Kier alpha value is -1.13. The number of nitrogens with zero attached hydrogens (tertiary/aromatic N) is 3. The van der Waals surface area contributed by atoms with Crippen LogP contribution < -0.4 is 10.2 Å². The molecule has 0 bridgehead atoms. The van der Waals surface area contributed by atoms with Gasteiger partial charge in [0.15, 0.2) is 0 Å². The number of aromatic nitrogens is 1. The Labute approximate surface area is 122 Å². The van der Waals surface area contributed by atoms with Gasteiger partial charge in [-0.05, 0) is 18.9 Å². The topological polar surface area (TPSA) is 31.4 Å². The minimum atomic E-state index is 0.509. The molecule has 1 aliphatic carbocycles. The molecule has 1 aromatic heterocycles. The maximum atomic E-state index is 4.63. The molecule has 2 aliphatic rings. The number of pyridine rings is 1. The molecule has 20 heavy (non-hydrogen) atoms. The van der Waals surface area contributed by atoms with Crippen molar-refractivity contribution < 1.29 is 0 Å². The largest absolute Gasteiger partial charge is 0.354 e. The first kappa shape index (κ1) is 13.8. The molecule has 1 aliphatic heterocycles. The minimum absolute atomic E-state index is 0.509. The Kier molecular flexibility index (Phi) is 4.22. The molecule has 3 rings (SSSR count). The summed E-state index contributed by atoms with van der Waals surface area (Å²) in [5.74, 6) is 1.18. The van der Waals surface area contributed by atoms with E-state index in [4.69, 9.17) is 0 Å². The van der Waals surface area contributed by atoms with Crippen molar-refractivity contribution in [2.24, 2.45) is 0 Å². The Morgan fingerprint density at radius 2 is 2.00 bits per heavy atom. The highest BCUT2D eigenvalue weighted by Crippen LogP contribution is 2.28. The van der Waals surface area contributed by atoms with Crippen molar-refractivity contribution in [1.82, 2.24) is 15.2 Å². The Balaban J connectivity index is 1.64. The average molecular weight is 274 g/mol. The van der Waals surface area contributed by atoms with E-state index in [9.17, 15) is 0 Å². The summed E-state index contributed by atoms with van der Waals surface area (Å²) in [5.41, 5.74) is 1.32. The second kappa shape index (κ2) is 6.10. The minimum Gasteiger partial charge on any atom is -0.354 e. The molecule has 1 saturated carbocycles. The molecule has 0 amide bonds. The van der Waals surface area contributed by atoms with Crippen LogP contribution in [0, 0.1) is 0 Å². The summed E-state index contributed by atoms with van der Waals surface area (Å²) in [6.45, 7) is 9.89. The smallest absolute Gasteiger partial charge is 0.133 e. The van der Waals surface area contributed by atoms with Gasteiger partial charge in [0, 0.05) is 56.6 Å². The van der Waals surface area contributed by atoms with E-state index in [1.165, 1.54) is 37.3 Å². The third kappa shape index (κ3) is 3.30. The van der Waals surface area contributed by atoms with Crippen LogP contribution in [0.15, 0.2) is 18.3 Å². The van der Waals surface area contributed by atoms with Crippen LogP contribution in [-0.2, 0) is 6.54 Å². The van der Waals surface area contributed by atoms with Gasteiger partial charge in [0.1, 0.15) is 5.82 Å². The first-order valence-electron chi connectivity index (χ1n) is 7.90. The van der Waals surface area contributed by atoms with Gasteiger partial charge < -0.3 is 10.2 Å². The third-order valence-electron chi connectivity index (χ3n) is 4.25. The van der Waals surface area contributed by atoms with Gasteiger partial charge in [-0.25, -0.2) is 4.98 Å². The molecular weight excluding hydrogens is 248 g/mol. The SMILES string of the molecule is CC(C)NCc1cccnc1N1CCN(C2CC2)CC1. The molecule has 2 fully saturated rings. The molecule has 0 aromatic carbocycles. The highest BCUT2D eigenvalue weighted by Gasteiger charge is 2.31. The number of nitrogens with one attached hydrogen (secondary N) is 1. The summed E-state index contributed by atoms with van der Waals surface area (Å²) in [6, 6.07) is 5.64. The van der Waals surface area contributed by atoms with E-state index in [0.29, 0.717) is 6.04 Å². The van der Waals surface area contributed by atoms with E-state index in [-0.39, 0.29) is 0 Å². The second-order valence-electron chi connectivity index (χ2n) is 6.28. The van der Waals surface area contributed by atoms with Crippen LogP contribution in [0.3, 0.4) is 0 Å². The van der Waals surface area contributed by atoms with Crippen LogP contribution in [-0.4, -0.2) is 48.1 Å². The van der Waals surface area contributed by atoms with Gasteiger partial charge >= 0.3 is 0 Å². The molecule has 1 saturated heterocycles. The number of piperazine rings is 1. The fourth-order valence-corrected chi connectivity index (χ4v) is 2.91. The van der Waals surface area contributed by atoms with E-state index in [1.807, 2.05) is 12.3 Å². The molecule has 1 N–H and O–H groups in total. The van der Waals surface area contributed by atoms with Crippen molar-refractivity contribution in [3.05, 3.63) is 23.9 Å². The van der Waals surface area contributed by atoms with Crippen molar-refractivity contribution >= 4 is 5.82 Å². The predicted octanol–water partition coefficient (Wildman–Crippen LogP) is 1.86. The van der Waals surface area contributed by atoms with Crippen molar-refractivity contribution in [1.29, 1.82) is 0 Å². The summed E-state index contributed by atoms with van der Waals surface area (Å²) in [7, 11) is 0. The zero-order valence-electron chi connectivity index (χ0n) is 12.7. The lowest BCUT2D eigenvalue weighted by molar-refractivity contribution is 0.247. The van der Waals surface area contributed by atoms with Crippen molar-refractivity contribution in [3.8, 4) is 0 Å².